The van der Waals surface area contributed by atoms with Crippen LogP contribution in [0.25, 0.3) is 0 Å². The summed E-state index contributed by atoms with van der Waals surface area (Å²) in [7, 11) is 0. The van der Waals surface area contributed by atoms with Crippen molar-refractivity contribution in [1.82, 2.24) is 0 Å². The van der Waals surface area contributed by atoms with Crippen LogP contribution in [0.2, 0.25) is 0 Å². The van der Waals surface area contributed by atoms with Gasteiger partial charge in [0.15, 0.2) is 0 Å². The lowest BCUT2D eigenvalue weighted by molar-refractivity contribution is 0.390. The minimum absolute atomic E-state index is 0.307. The first-order valence-corrected chi connectivity index (χ1v) is 8.90. The van der Waals surface area contributed by atoms with Crippen LogP contribution in [0, 0.1) is 13.8 Å². The molecule has 2 aromatic rings. The summed E-state index contributed by atoms with van der Waals surface area (Å²) in [6.45, 7) is 4.22. The highest BCUT2D eigenvalue weighted by Gasteiger charge is 2.23. The number of hydrogen-bond donors (Lipinski definition) is 0. The molecular weight excluding hydrogens is 292 g/mol. The molecule has 24 heavy (non-hydrogen) atoms. The SMILES string of the molecule is Cc1ccc(C=N[C@@H]2CCCC[C@H]2N=Cc2ccc(C)cc2)cc1. The Morgan fingerprint density at radius 2 is 1.04 bits per heavy atom. The predicted octanol–water partition coefficient (Wildman–Crippen LogP) is 5.15. The van der Waals surface area contributed by atoms with E-state index in [2.05, 4.69) is 62.4 Å². The Hall–Kier alpha value is -2.22. The van der Waals surface area contributed by atoms with E-state index in [-0.39, 0.29) is 0 Å². The summed E-state index contributed by atoms with van der Waals surface area (Å²) in [5, 5.41) is 0. The molecule has 0 saturated heterocycles. The smallest absolute Gasteiger partial charge is 0.0723 e. The van der Waals surface area contributed by atoms with E-state index >= 15 is 0 Å². The van der Waals surface area contributed by atoms with Crippen molar-refractivity contribution in [2.75, 3.05) is 0 Å². The normalized spacial score (nSPS) is 21.6. The Balaban J connectivity index is 1.68. The first kappa shape index (κ1) is 16.6. The van der Waals surface area contributed by atoms with Crippen LogP contribution < -0.4 is 0 Å². The first-order valence-electron chi connectivity index (χ1n) is 8.90. The van der Waals surface area contributed by atoms with Crippen LogP contribution >= 0.6 is 0 Å². The van der Waals surface area contributed by atoms with Crippen molar-refractivity contribution < 1.29 is 0 Å². The zero-order chi connectivity index (χ0) is 16.8. The summed E-state index contributed by atoms with van der Waals surface area (Å²) in [6.07, 6.45) is 8.82. The van der Waals surface area contributed by atoms with Gasteiger partial charge in [-0.3, -0.25) is 9.98 Å². The number of hydrogen-bond acceptors (Lipinski definition) is 2. The predicted molar refractivity (Wildman–Crippen MR) is 104 cm³/mol. The fourth-order valence-corrected chi connectivity index (χ4v) is 3.11. The van der Waals surface area contributed by atoms with Gasteiger partial charge in [-0.1, -0.05) is 72.5 Å². The summed E-state index contributed by atoms with van der Waals surface area (Å²) in [6, 6.07) is 17.7. The van der Waals surface area contributed by atoms with Gasteiger partial charge in [-0.15, -0.1) is 0 Å². The van der Waals surface area contributed by atoms with E-state index in [4.69, 9.17) is 9.98 Å². The third kappa shape index (κ3) is 4.64. The number of nitrogens with zero attached hydrogens (tertiary/aromatic N) is 2. The fourth-order valence-electron chi connectivity index (χ4n) is 3.11. The minimum atomic E-state index is 0.307. The molecular formula is C22H26N2. The first-order chi connectivity index (χ1) is 11.7. The molecule has 1 aliphatic rings. The second-order valence-corrected chi connectivity index (χ2v) is 6.80. The number of aryl methyl sites for hydroxylation is 2. The summed E-state index contributed by atoms with van der Waals surface area (Å²) in [5.74, 6) is 0. The van der Waals surface area contributed by atoms with E-state index in [1.807, 2.05) is 12.4 Å². The van der Waals surface area contributed by atoms with Gasteiger partial charge in [0, 0.05) is 12.4 Å². The molecule has 0 spiro atoms. The minimum Gasteiger partial charge on any atom is -0.287 e. The molecule has 0 amide bonds. The second kappa shape index (κ2) is 8.05. The zero-order valence-corrected chi connectivity index (χ0v) is 14.7. The van der Waals surface area contributed by atoms with Crippen molar-refractivity contribution in [2.45, 2.75) is 51.6 Å². The Bertz CT molecular complexity index is 632. The molecule has 2 atom stereocenters. The number of benzene rings is 2. The van der Waals surface area contributed by atoms with Crippen molar-refractivity contribution in [1.29, 1.82) is 0 Å². The van der Waals surface area contributed by atoms with Gasteiger partial charge in [0.2, 0.25) is 0 Å². The number of aliphatic imine (C=N–C) groups is 2. The zero-order valence-electron chi connectivity index (χ0n) is 14.7. The lowest BCUT2D eigenvalue weighted by atomic mass is 9.91. The molecule has 2 aromatic carbocycles. The van der Waals surface area contributed by atoms with Crippen LogP contribution in [-0.4, -0.2) is 24.5 Å². The van der Waals surface area contributed by atoms with Crippen molar-refractivity contribution in [3.8, 4) is 0 Å². The highest BCUT2D eigenvalue weighted by atomic mass is 14.9. The third-order valence-corrected chi connectivity index (χ3v) is 4.68. The lowest BCUT2D eigenvalue weighted by Crippen LogP contribution is -2.27. The van der Waals surface area contributed by atoms with Gasteiger partial charge in [-0.05, 0) is 37.8 Å². The summed E-state index contributed by atoms with van der Waals surface area (Å²) < 4.78 is 0. The molecule has 0 radical (unpaired) electrons. The van der Waals surface area contributed by atoms with Crippen molar-refractivity contribution in [2.24, 2.45) is 9.98 Å². The van der Waals surface area contributed by atoms with Crippen molar-refractivity contribution >= 4 is 12.4 Å². The third-order valence-electron chi connectivity index (χ3n) is 4.68. The Labute approximate surface area is 145 Å². The van der Waals surface area contributed by atoms with Gasteiger partial charge in [0.05, 0.1) is 12.1 Å². The van der Waals surface area contributed by atoms with Gasteiger partial charge in [-0.2, -0.15) is 0 Å². The summed E-state index contributed by atoms with van der Waals surface area (Å²) in [4.78, 5) is 9.70. The average molecular weight is 318 g/mol. The Morgan fingerprint density at radius 1 is 0.667 bits per heavy atom. The molecule has 2 nitrogen and oxygen atoms in total. The molecule has 0 aliphatic heterocycles. The topological polar surface area (TPSA) is 24.7 Å². The van der Waals surface area contributed by atoms with Gasteiger partial charge in [-0.25, -0.2) is 0 Å². The summed E-state index contributed by atoms with van der Waals surface area (Å²) >= 11 is 0. The molecule has 1 fully saturated rings. The maximum absolute atomic E-state index is 4.85. The highest BCUT2D eigenvalue weighted by Crippen LogP contribution is 2.24. The molecule has 2 heteroatoms. The average Bonchev–Trinajstić information content (AvgIpc) is 2.61. The summed E-state index contributed by atoms with van der Waals surface area (Å²) in [5.41, 5.74) is 4.91. The molecule has 1 saturated carbocycles. The molecule has 3 rings (SSSR count). The largest absolute Gasteiger partial charge is 0.287 e. The van der Waals surface area contributed by atoms with E-state index < -0.39 is 0 Å². The van der Waals surface area contributed by atoms with Crippen molar-refractivity contribution in [3.05, 3.63) is 70.8 Å². The quantitative estimate of drug-likeness (QED) is 0.696. The molecule has 0 unspecified atom stereocenters. The van der Waals surface area contributed by atoms with Crippen LogP contribution in [0.15, 0.2) is 58.5 Å². The van der Waals surface area contributed by atoms with Gasteiger partial charge < -0.3 is 0 Å². The van der Waals surface area contributed by atoms with Gasteiger partial charge >= 0.3 is 0 Å². The Kier molecular flexibility index (Phi) is 5.58. The van der Waals surface area contributed by atoms with E-state index in [1.54, 1.807) is 0 Å². The maximum atomic E-state index is 4.85. The van der Waals surface area contributed by atoms with Crippen LogP contribution in [0.5, 0.6) is 0 Å². The van der Waals surface area contributed by atoms with Crippen molar-refractivity contribution in [3.63, 3.8) is 0 Å². The second-order valence-electron chi connectivity index (χ2n) is 6.80. The van der Waals surface area contributed by atoms with E-state index in [0.717, 1.165) is 12.8 Å². The highest BCUT2D eigenvalue weighted by molar-refractivity contribution is 5.80. The molecule has 0 N–H and O–H groups in total. The molecule has 0 heterocycles. The van der Waals surface area contributed by atoms with Crippen LogP contribution in [0.3, 0.4) is 0 Å². The van der Waals surface area contributed by atoms with E-state index in [9.17, 15) is 0 Å². The molecule has 1 aliphatic carbocycles. The van der Waals surface area contributed by atoms with Crippen LogP contribution in [0.4, 0.5) is 0 Å². The molecule has 0 bridgehead atoms. The van der Waals surface area contributed by atoms with Gasteiger partial charge in [0.25, 0.3) is 0 Å². The van der Waals surface area contributed by atoms with Crippen LogP contribution in [-0.2, 0) is 0 Å². The molecule has 0 aromatic heterocycles. The fraction of sp³-hybridized carbons (Fsp3) is 0.364. The standard InChI is InChI=1S/C22H26N2/c1-17-7-11-19(12-8-17)15-23-21-5-3-4-6-22(21)24-16-20-13-9-18(2)10-14-20/h7-16,21-22H,3-6H2,1-2H3/t21-,22-/m1/s1. The number of rotatable bonds is 4. The monoisotopic (exact) mass is 318 g/mol. The van der Waals surface area contributed by atoms with E-state index in [0.29, 0.717) is 12.1 Å². The van der Waals surface area contributed by atoms with E-state index in [1.165, 1.54) is 35.1 Å². The van der Waals surface area contributed by atoms with Crippen LogP contribution in [0.1, 0.15) is 47.9 Å². The molecule has 124 valence electrons. The Morgan fingerprint density at radius 3 is 1.42 bits per heavy atom. The van der Waals surface area contributed by atoms with Gasteiger partial charge in [0.1, 0.15) is 0 Å². The maximum Gasteiger partial charge on any atom is 0.0723 e. The lowest BCUT2D eigenvalue weighted by Gasteiger charge is -2.25.